The number of aromatic nitrogens is 2. The number of rotatable bonds is 7. The van der Waals surface area contributed by atoms with Crippen LogP contribution in [0, 0.1) is 25.7 Å². The van der Waals surface area contributed by atoms with Gasteiger partial charge in [0.2, 0.25) is 0 Å². The Morgan fingerprint density at radius 3 is 2.04 bits per heavy atom. The van der Waals surface area contributed by atoms with Crippen molar-refractivity contribution < 1.29 is 29.9 Å². The van der Waals surface area contributed by atoms with Crippen LogP contribution < -0.4 is 14.5 Å². The average molecular weight is 1110 g/mol. The third-order valence-electron chi connectivity index (χ3n) is 14.9. The van der Waals surface area contributed by atoms with Crippen LogP contribution in [0.4, 0.5) is 22.7 Å². The number of anilines is 4. The van der Waals surface area contributed by atoms with Gasteiger partial charge >= 0.3 is 0 Å². The number of fused-ring (bicyclic) bond motifs is 5. The van der Waals surface area contributed by atoms with Gasteiger partial charge in [-0.25, -0.2) is 4.98 Å². The summed E-state index contributed by atoms with van der Waals surface area (Å²) in [6, 6.07) is 57.6. The molecule has 0 amide bonds. The second-order valence-electron chi connectivity index (χ2n) is 22.7. The zero-order valence-electron chi connectivity index (χ0n) is 45.4. The van der Waals surface area contributed by atoms with Crippen LogP contribution in [0.5, 0.6) is 11.5 Å². The van der Waals surface area contributed by atoms with Crippen LogP contribution in [0.1, 0.15) is 114 Å². The molecule has 0 saturated heterocycles. The van der Waals surface area contributed by atoms with Crippen molar-refractivity contribution in [1.82, 2.24) is 9.55 Å². The molecule has 7 aromatic carbocycles. The maximum atomic E-state index is 8.93. The number of para-hydroxylation sites is 4. The first-order chi connectivity index (χ1) is 34.6. The standard InChI is InChI=1S/C65H63N4O.Pt/c1-42-36-44(62(2,3)4)27-29-49(42)53-22-17-21-50(43-26-31-54-55(37-43)65(10,11)34-33-64(54,8)9)61(53)68-41-67(57-24-14-15-25-58(57)68)46-18-16-19-47(39-46)70-48-28-30-52-51-20-12-13-23-56(51)69(59(52)40-48)60-38-45(32-35-66-60)63(5,6)7;/h12-32,35-38,41H,33-34H2,1-11H3;/q-3;/i1D3;. The van der Waals surface area contributed by atoms with Crippen LogP contribution >= 0.6 is 0 Å². The molecule has 9 aromatic rings. The maximum absolute atomic E-state index is 8.93. The zero-order chi connectivity index (χ0) is 51.4. The van der Waals surface area contributed by atoms with E-state index in [0.717, 1.165) is 85.5 Å². The maximum Gasteiger partial charge on any atom is 0.135 e. The van der Waals surface area contributed by atoms with Crippen molar-refractivity contribution in [1.29, 1.82) is 0 Å². The second-order valence-corrected chi connectivity index (χ2v) is 22.7. The Kier molecular flexibility index (Phi) is 11.1. The summed E-state index contributed by atoms with van der Waals surface area (Å²) in [7, 11) is 0. The number of benzene rings is 7. The fourth-order valence-corrected chi connectivity index (χ4v) is 10.7. The molecule has 0 unspecified atom stereocenters. The second kappa shape index (κ2) is 17.7. The number of hydrogen-bond acceptors (Lipinski definition) is 4. The summed E-state index contributed by atoms with van der Waals surface area (Å²) in [5.74, 6) is 1.92. The van der Waals surface area contributed by atoms with Crippen molar-refractivity contribution >= 4 is 44.6 Å². The van der Waals surface area contributed by atoms with Crippen molar-refractivity contribution in [3.05, 3.63) is 198 Å². The molecule has 362 valence electrons. The van der Waals surface area contributed by atoms with Gasteiger partial charge in [-0.05, 0) is 116 Å². The number of aryl methyl sites for hydroxylation is 1. The molecule has 0 bridgehead atoms. The summed E-state index contributed by atoms with van der Waals surface area (Å²) in [6.45, 7) is 22.2. The minimum atomic E-state index is -2.37. The van der Waals surface area contributed by atoms with Crippen LogP contribution in [0.2, 0.25) is 0 Å². The van der Waals surface area contributed by atoms with E-state index in [1.54, 1.807) is 0 Å². The van der Waals surface area contributed by atoms with Crippen LogP contribution in [0.25, 0.3) is 49.9 Å². The molecule has 0 atom stereocenters. The Balaban J connectivity index is 0.00000626. The van der Waals surface area contributed by atoms with Gasteiger partial charge in [-0.3, -0.25) is 0 Å². The van der Waals surface area contributed by atoms with E-state index in [0.29, 0.717) is 22.6 Å². The quantitative estimate of drug-likeness (QED) is 0.149. The molecule has 2 aliphatic rings. The fourth-order valence-electron chi connectivity index (χ4n) is 10.7. The molecule has 3 heterocycles. The van der Waals surface area contributed by atoms with Gasteiger partial charge in [0.25, 0.3) is 0 Å². The molecule has 0 fully saturated rings. The minimum Gasteiger partial charge on any atom is -0.509 e. The van der Waals surface area contributed by atoms with E-state index in [4.69, 9.17) is 13.8 Å². The predicted octanol–water partition coefficient (Wildman–Crippen LogP) is 17.6. The molecule has 2 aromatic heterocycles. The molecule has 5 nitrogen and oxygen atoms in total. The Hall–Kier alpha value is -6.42. The summed E-state index contributed by atoms with van der Waals surface area (Å²) in [5.41, 5.74) is 14.1. The molecule has 0 spiro atoms. The van der Waals surface area contributed by atoms with Crippen molar-refractivity contribution in [2.45, 2.75) is 111 Å². The molecule has 11 rings (SSSR count). The summed E-state index contributed by atoms with van der Waals surface area (Å²) in [5, 5.41) is 2.18. The van der Waals surface area contributed by atoms with Gasteiger partial charge in [0.1, 0.15) is 5.82 Å². The molecule has 1 aliphatic heterocycles. The van der Waals surface area contributed by atoms with Crippen molar-refractivity contribution in [3.8, 4) is 39.6 Å². The molecule has 1 aliphatic carbocycles. The van der Waals surface area contributed by atoms with Gasteiger partial charge in [-0.1, -0.05) is 160 Å². The molecular weight excluding hydrogens is 1050 g/mol. The molecule has 71 heavy (non-hydrogen) atoms. The molecule has 6 heteroatoms. The van der Waals surface area contributed by atoms with Gasteiger partial charge in [0, 0.05) is 76.6 Å². The van der Waals surface area contributed by atoms with Gasteiger partial charge < -0.3 is 19.1 Å². The van der Waals surface area contributed by atoms with Crippen molar-refractivity contribution in [2.24, 2.45) is 0 Å². The normalized spacial score (nSPS) is 15.9. The largest absolute Gasteiger partial charge is 0.509 e. The minimum absolute atomic E-state index is 0. The zero-order valence-corrected chi connectivity index (χ0v) is 44.7. The third-order valence-corrected chi connectivity index (χ3v) is 14.9. The van der Waals surface area contributed by atoms with Gasteiger partial charge in [-0.2, -0.15) is 12.1 Å². The van der Waals surface area contributed by atoms with E-state index in [1.165, 1.54) is 16.7 Å². The summed E-state index contributed by atoms with van der Waals surface area (Å²) in [6.07, 6.45) is 4.10. The van der Waals surface area contributed by atoms with Crippen LogP contribution in [0.15, 0.2) is 152 Å². The first kappa shape index (κ1) is 44.5. The third kappa shape index (κ3) is 8.58. The monoisotopic (exact) mass is 1110 g/mol. The van der Waals surface area contributed by atoms with E-state index < -0.39 is 6.85 Å². The Labute approximate surface area is 440 Å². The van der Waals surface area contributed by atoms with E-state index in [2.05, 4.69) is 212 Å². The summed E-state index contributed by atoms with van der Waals surface area (Å²) >= 11 is 0. The summed E-state index contributed by atoms with van der Waals surface area (Å²) < 4.78 is 35.7. The number of ether oxygens (including phenoxy) is 1. The van der Waals surface area contributed by atoms with Crippen molar-refractivity contribution in [2.75, 3.05) is 9.80 Å². The van der Waals surface area contributed by atoms with E-state index in [9.17, 15) is 0 Å². The summed E-state index contributed by atoms with van der Waals surface area (Å²) in [4.78, 5) is 9.25. The smallest absolute Gasteiger partial charge is 0.135 e. The Morgan fingerprint density at radius 1 is 0.606 bits per heavy atom. The topological polar surface area (TPSA) is 33.5 Å². The van der Waals surface area contributed by atoms with E-state index in [1.807, 2.05) is 42.6 Å². The number of pyridine rings is 1. The van der Waals surface area contributed by atoms with Crippen molar-refractivity contribution in [3.63, 3.8) is 0 Å². The first-order valence-electron chi connectivity index (χ1n) is 26.2. The number of hydrogen-bond donors (Lipinski definition) is 0. The van der Waals surface area contributed by atoms with Crippen LogP contribution in [-0.4, -0.2) is 9.55 Å². The van der Waals surface area contributed by atoms with Gasteiger partial charge in [-0.15, -0.1) is 48.1 Å². The predicted molar refractivity (Wildman–Crippen MR) is 293 cm³/mol. The Bertz CT molecular complexity index is 3630. The van der Waals surface area contributed by atoms with E-state index >= 15 is 0 Å². The van der Waals surface area contributed by atoms with Gasteiger partial charge in [0.15, 0.2) is 0 Å². The van der Waals surface area contributed by atoms with Crippen LogP contribution in [0.3, 0.4) is 0 Å². The van der Waals surface area contributed by atoms with E-state index in [-0.39, 0.29) is 42.7 Å². The molecule has 0 N–H and O–H groups in total. The Morgan fingerprint density at radius 2 is 1.28 bits per heavy atom. The average Bonchev–Trinajstić information content (AvgIpc) is 3.90. The molecular formula is C65H63N4OPt-3. The first-order valence-corrected chi connectivity index (χ1v) is 24.7. The molecule has 0 saturated carbocycles. The SMILES string of the molecule is [2H]C([2H])([2H])c1cc(C(C)(C)C)ccc1-c1cccc(-c2ccc3c(c2)C(C)(C)CCC3(C)C)c1N1[CH-]N(c2[c-]c(Oc3[c-]c4c(cc3)c3ccccc3n4-c3cc(C(C)(C)C)ccn3)ccc2)c2ccccc21.[Pt]. The fraction of sp³-hybridized carbons (Fsp3) is 0.262. The van der Waals surface area contributed by atoms with Crippen LogP contribution in [-0.2, 0) is 42.7 Å². The number of nitrogens with zero attached hydrogens (tertiary/aromatic N) is 4. The molecule has 0 radical (unpaired) electrons. The van der Waals surface area contributed by atoms with Gasteiger partial charge in [0.05, 0.1) is 0 Å².